The summed E-state index contributed by atoms with van der Waals surface area (Å²) in [5, 5.41) is 3.29. The van der Waals surface area contributed by atoms with E-state index in [1.807, 2.05) is 6.20 Å². The van der Waals surface area contributed by atoms with E-state index in [0.29, 0.717) is 18.0 Å². The number of thiazole rings is 1. The minimum atomic E-state index is 0.345. The van der Waals surface area contributed by atoms with Crippen LogP contribution in [0.2, 0.25) is 0 Å². The summed E-state index contributed by atoms with van der Waals surface area (Å²) in [5.74, 6) is 0.708. The third-order valence-corrected chi connectivity index (χ3v) is 4.62. The Morgan fingerprint density at radius 3 is 2.62 bits per heavy atom. The van der Waals surface area contributed by atoms with Crippen molar-refractivity contribution in [2.24, 2.45) is 11.7 Å². The Morgan fingerprint density at radius 1 is 1.44 bits per heavy atom. The van der Waals surface area contributed by atoms with E-state index in [0.717, 1.165) is 13.1 Å². The van der Waals surface area contributed by atoms with Gasteiger partial charge < -0.3 is 5.73 Å². The van der Waals surface area contributed by atoms with Crippen molar-refractivity contribution >= 4 is 11.3 Å². The maximum absolute atomic E-state index is 5.95. The second-order valence-electron chi connectivity index (χ2n) is 4.78. The predicted octanol–water partition coefficient (Wildman–Crippen LogP) is 2.26. The minimum Gasteiger partial charge on any atom is -0.328 e. The lowest BCUT2D eigenvalue weighted by molar-refractivity contribution is 0.132. The number of nitrogens with zero attached hydrogens (tertiary/aromatic N) is 2. The van der Waals surface area contributed by atoms with E-state index in [4.69, 9.17) is 5.73 Å². The monoisotopic (exact) mass is 239 g/mol. The SMILES string of the molecule is CC(N)C1CCN(C(C)c2nccs2)CC1. The highest BCUT2D eigenvalue weighted by Crippen LogP contribution is 2.28. The maximum Gasteiger partial charge on any atom is 0.109 e. The van der Waals surface area contributed by atoms with Gasteiger partial charge in [0.05, 0.1) is 6.04 Å². The summed E-state index contributed by atoms with van der Waals surface area (Å²) in [4.78, 5) is 6.92. The standard InChI is InChI=1S/C12H21N3S/c1-9(13)11-3-6-15(7-4-11)10(2)12-14-5-8-16-12/h5,8-11H,3-4,6-7,13H2,1-2H3. The molecule has 2 heterocycles. The molecule has 0 aliphatic carbocycles. The Balaban J connectivity index is 1.89. The number of hydrogen-bond donors (Lipinski definition) is 1. The third-order valence-electron chi connectivity index (χ3n) is 3.67. The van der Waals surface area contributed by atoms with E-state index in [9.17, 15) is 0 Å². The molecule has 1 aliphatic heterocycles. The van der Waals surface area contributed by atoms with Gasteiger partial charge in [0.1, 0.15) is 5.01 Å². The first-order chi connectivity index (χ1) is 7.68. The van der Waals surface area contributed by atoms with Gasteiger partial charge in [-0.2, -0.15) is 0 Å². The zero-order valence-electron chi connectivity index (χ0n) is 10.1. The molecular weight excluding hydrogens is 218 g/mol. The number of likely N-dealkylation sites (tertiary alicyclic amines) is 1. The Morgan fingerprint density at radius 2 is 2.12 bits per heavy atom. The molecule has 0 spiro atoms. The first-order valence-corrected chi connectivity index (χ1v) is 6.95. The number of hydrogen-bond acceptors (Lipinski definition) is 4. The van der Waals surface area contributed by atoms with Gasteiger partial charge in [-0.05, 0) is 45.7 Å². The van der Waals surface area contributed by atoms with E-state index in [1.165, 1.54) is 17.8 Å². The topological polar surface area (TPSA) is 42.1 Å². The molecule has 2 atom stereocenters. The van der Waals surface area contributed by atoms with Crippen LogP contribution in [0, 0.1) is 5.92 Å². The average molecular weight is 239 g/mol. The van der Waals surface area contributed by atoms with Crippen molar-refractivity contribution in [3.8, 4) is 0 Å². The smallest absolute Gasteiger partial charge is 0.109 e. The molecule has 3 nitrogen and oxygen atoms in total. The van der Waals surface area contributed by atoms with E-state index < -0.39 is 0 Å². The second kappa shape index (κ2) is 5.25. The van der Waals surface area contributed by atoms with Gasteiger partial charge >= 0.3 is 0 Å². The molecule has 16 heavy (non-hydrogen) atoms. The van der Waals surface area contributed by atoms with E-state index in [1.54, 1.807) is 11.3 Å². The van der Waals surface area contributed by atoms with Gasteiger partial charge in [-0.15, -0.1) is 11.3 Å². The Bertz CT molecular complexity index is 302. The second-order valence-corrected chi connectivity index (χ2v) is 5.70. The average Bonchev–Trinajstić information content (AvgIpc) is 2.81. The van der Waals surface area contributed by atoms with Crippen molar-refractivity contribution in [2.75, 3.05) is 13.1 Å². The fourth-order valence-corrected chi connectivity index (χ4v) is 3.16. The van der Waals surface area contributed by atoms with Crippen LogP contribution in [0.3, 0.4) is 0 Å². The molecule has 1 fully saturated rings. The van der Waals surface area contributed by atoms with E-state index >= 15 is 0 Å². The van der Waals surface area contributed by atoms with Crippen LogP contribution in [-0.2, 0) is 0 Å². The molecule has 90 valence electrons. The van der Waals surface area contributed by atoms with Crippen molar-refractivity contribution < 1.29 is 0 Å². The summed E-state index contributed by atoms with van der Waals surface area (Å²) in [6.45, 7) is 6.70. The highest BCUT2D eigenvalue weighted by atomic mass is 32.1. The summed E-state index contributed by atoms with van der Waals surface area (Å²) in [5.41, 5.74) is 5.95. The Kier molecular flexibility index (Phi) is 3.95. The number of aromatic nitrogens is 1. The lowest BCUT2D eigenvalue weighted by atomic mass is 9.90. The lowest BCUT2D eigenvalue weighted by Crippen LogP contribution is -2.40. The number of rotatable bonds is 3. The van der Waals surface area contributed by atoms with Crippen LogP contribution in [0.5, 0.6) is 0 Å². The van der Waals surface area contributed by atoms with Gasteiger partial charge in [0.25, 0.3) is 0 Å². The van der Waals surface area contributed by atoms with Gasteiger partial charge in [0.2, 0.25) is 0 Å². The van der Waals surface area contributed by atoms with Crippen molar-refractivity contribution in [3.05, 3.63) is 16.6 Å². The van der Waals surface area contributed by atoms with Gasteiger partial charge in [0, 0.05) is 17.6 Å². The molecule has 0 bridgehead atoms. The van der Waals surface area contributed by atoms with Crippen LogP contribution in [-0.4, -0.2) is 29.0 Å². The van der Waals surface area contributed by atoms with Crippen LogP contribution < -0.4 is 5.73 Å². The van der Waals surface area contributed by atoms with Crippen molar-refractivity contribution in [1.29, 1.82) is 0 Å². The molecule has 1 aliphatic rings. The quantitative estimate of drug-likeness (QED) is 0.880. The summed E-state index contributed by atoms with van der Waals surface area (Å²) in [6.07, 6.45) is 4.35. The van der Waals surface area contributed by atoms with Crippen LogP contribution >= 0.6 is 11.3 Å². The molecule has 2 N–H and O–H groups in total. The molecule has 4 heteroatoms. The fraction of sp³-hybridized carbons (Fsp3) is 0.750. The molecule has 0 aromatic carbocycles. The molecule has 2 unspecified atom stereocenters. The summed E-state index contributed by atoms with van der Waals surface area (Å²) in [6, 6.07) is 0.811. The van der Waals surface area contributed by atoms with Crippen molar-refractivity contribution in [1.82, 2.24) is 9.88 Å². The highest BCUT2D eigenvalue weighted by Gasteiger charge is 2.26. The van der Waals surface area contributed by atoms with Gasteiger partial charge in [-0.1, -0.05) is 0 Å². The Hall–Kier alpha value is -0.450. The predicted molar refractivity (Wildman–Crippen MR) is 68.5 cm³/mol. The normalized spacial score (nSPS) is 23.2. The lowest BCUT2D eigenvalue weighted by Gasteiger charge is -2.36. The summed E-state index contributed by atoms with van der Waals surface area (Å²) >= 11 is 1.75. The molecule has 0 radical (unpaired) electrons. The summed E-state index contributed by atoms with van der Waals surface area (Å²) in [7, 11) is 0. The van der Waals surface area contributed by atoms with E-state index in [2.05, 4.69) is 29.1 Å². The summed E-state index contributed by atoms with van der Waals surface area (Å²) < 4.78 is 0. The van der Waals surface area contributed by atoms with Gasteiger partial charge in [-0.3, -0.25) is 4.90 Å². The highest BCUT2D eigenvalue weighted by molar-refractivity contribution is 7.09. The molecule has 0 amide bonds. The van der Waals surface area contributed by atoms with Crippen LogP contribution in [0.15, 0.2) is 11.6 Å². The maximum atomic E-state index is 5.95. The molecular formula is C12H21N3S. The van der Waals surface area contributed by atoms with Crippen LogP contribution in [0.25, 0.3) is 0 Å². The number of nitrogens with two attached hydrogens (primary N) is 1. The largest absolute Gasteiger partial charge is 0.328 e. The third kappa shape index (κ3) is 2.62. The zero-order chi connectivity index (χ0) is 11.5. The zero-order valence-corrected chi connectivity index (χ0v) is 10.9. The minimum absolute atomic E-state index is 0.345. The van der Waals surface area contributed by atoms with Crippen molar-refractivity contribution in [2.45, 2.75) is 38.8 Å². The Labute approximate surface area is 102 Å². The van der Waals surface area contributed by atoms with Crippen molar-refractivity contribution in [3.63, 3.8) is 0 Å². The van der Waals surface area contributed by atoms with Gasteiger partial charge in [0.15, 0.2) is 0 Å². The number of piperidine rings is 1. The van der Waals surface area contributed by atoms with E-state index in [-0.39, 0.29) is 0 Å². The van der Waals surface area contributed by atoms with Crippen LogP contribution in [0.1, 0.15) is 37.7 Å². The molecule has 1 aromatic rings. The molecule has 1 saturated heterocycles. The first-order valence-electron chi connectivity index (χ1n) is 6.07. The fourth-order valence-electron chi connectivity index (χ4n) is 2.43. The molecule has 1 aromatic heterocycles. The first kappa shape index (κ1) is 12.0. The molecule has 2 rings (SSSR count). The van der Waals surface area contributed by atoms with Gasteiger partial charge in [-0.25, -0.2) is 4.98 Å². The molecule has 0 saturated carbocycles. The van der Waals surface area contributed by atoms with Crippen LogP contribution in [0.4, 0.5) is 0 Å².